The van der Waals surface area contributed by atoms with Gasteiger partial charge in [0.15, 0.2) is 0 Å². The second-order valence-electron chi connectivity index (χ2n) is 8.26. The van der Waals surface area contributed by atoms with Crippen LogP contribution in [0.5, 0.6) is 0 Å². The predicted octanol–water partition coefficient (Wildman–Crippen LogP) is 3.40. The molecular formula is C25H35N3O4S. The number of nitrogens with one attached hydrogen (secondary N) is 1. The third kappa shape index (κ3) is 7.32. The van der Waals surface area contributed by atoms with Gasteiger partial charge >= 0.3 is 0 Å². The number of hydrogen-bond acceptors (Lipinski definition) is 4. The Hall–Kier alpha value is -2.87. The SMILES string of the molecule is CCC(C(=O)NC)N(Cc1ccccc1C)C(=O)CCCN(c1ccc(C)cc1)S(C)(=O)=O. The molecule has 0 heterocycles. The third-order valence-corrected chi connectivity index (χ3v) is 6.90. The monoisotopic (exact) mass is 473 g/mol. The fraction of sp³-hybridized carbons (Fsp3) is 0.440. The number of aryl methyl sites for hydroxylation is 2. The van der Waals surface area contributed by atoms with Gasteiger partial charge in [-0.1, -0.05) is 48.9 Å². The van der Waals surface area contributed by atoms with E-state index in [1.807, 2.05) is 57.2 Å². The summed E-state index contributed by atoms with van der Waals surface area (Å²) in [6.07, 6.45) is 2.12. The summed E-state index contributed by atoms with van der Waals surface area (Å²) in [5, 5.41) is 2.65. The van der Waals surface area contributed by atoms with Crippen LogP contribution in [-0.2, 0) is 26.2 Å². The number of anilines is 1. The van der Waals surface area contributed by atoms with Crippen LogP contribution in [0.2, 0.25) is 0 Å². The summed E-state index contributed by atoms with van der Waals surface area (Å²) in [4.78, 5) is 27.4. The molecule has 0 spiro atoms. The van der Waals surface area contributed by atoms with Gasteiger partial charge in [0.05, 0.1) is 11.9 Å². The number of rotatable bonds is 11. The lowest BCUT2D eigenvalue weighted by Crippen LogP contribution is -2.48. The number of benzene rings is 2. The fourth-order valence-corrected chi connectivity index (χ4v) is 4.74. The van der Waals surface area contributed by atoms with Crippen molar-refractivity contribution in [3.63, 3.8) is 0 Å². The molecule has 180 valence electrons. The molecule has 33 heavy (non-hydrogen) atoms. The van der Waals surface area contributed by atoms with Crippen molar-refractivity contribution < 1.29 is 18.0 Å². The quantitative estimate of drug-likeness (QED) is 0.542. The first-order valence-corrected chi connectivity index (χ1v) is 13.0. The van der Waals surface area contributed by atoms with Gasteiger partial charge in [0.1, 0.15) is 6.04 Å². The zero-order valence-electron chi connectivity index (χ0n) is 20.2. The number of carbonyl (C=O) groups excluding carboxylic acids is 2. The van der Waals surface area contributed by atoms with E-state index in [9.17, 15) is 18.0 Å². The molecule has 1 atom stereocenters. The largest absolute Gasteiger partial charge is 0.357 e. The van der Waals surface area contributed by atoms with Crippen molar-refractivity contribution >= 4 is 27.5 Å². The number of nitrogens with zero attached hydrogens (tertiary/aromatic N) is 2. The average Bonchev–Trinajstić information content (AvgIpc) is 2.77. The van der Waals surface area contributed by atoms with Gasteiger partial charge in [0, 0.05) is 26.6 Å². The lowest BCUT2D eigenvalue weighted by atomic mass is 10.1. The maximum Gasteiger partial charge on any atom is 0.242 e. The van der Waals surface area contributed by atoms with Crippen molar-refractivity contribution in [1.82, 2.24) is 10.2 Å². The van der Waals surface area contributed by atoms with Crippen LogP contribution >= 0.6 is 0 Å². The first-order chi connectivity index (χ1) is 15.6. The molecule has 2 amide bonds. The fourth-order valence-electron chi connectivity index (χ4n) is 3.77. The van der Waals surface area contributed by atoms with Crippen LogP contribution < -0.4 is 9.62 Å². The Morgan fingerprint density at radius 2 is 1.67 bits per heavy atom. The van der Waals surface area contributed by atoms with Gasteiger partial charge in [0.25, 0.3) is 0 Å². The highest BCUT2D eigenvalue weighted by Crippen LogP contribution is 2.20. The summed E-state index contributed by atoms with van der Waals surface area (Å²) in [6.45, 7) is 6.30. The number of amides is 2. The lowest BCUT2D eigenvalue weighted by molar-refractivity contribution is -0.141. The highest BCUT2D eigenvalue weighted by atomic mass is 32.2. The van der Waals surface area contributed by atoms with Gasteiger partial charge in [-0.2, -0.15) is 0 Å². The van der Waals surface area contributed by atoms with E-state index in [0.29, 0.717) is 25.1 Å². The van der Waals surface area contributed by atoms with Crippen molar-refractivity contribution in [3.05, 3.63) is 65.2 Å². The normalized spacial score (nSPS) is 12.2. The maximum atomic E-state index is 13.3. The smallest absolute Gasteiger partial charge is 0.242 e. The molecule has 0 aliphatic heterocycles. The highest BCUT2D eigenvalue weighted by molar-refractivity contribution is 7.92. The molecule has 7 nitrogen and oxygen atoms in total. The van der Waals surface area contributed by atoms with Crippen LogP contribution in [0.25, 0.3) is 0 Å². The molecule has 1 unspecified atom stereocenters. The molecule has 0 saturated heterocycles. The molecular weight excluding hydrogens is 438 g/mol. The van der Waals surface area contributed by atoms with E-state index < -0.39 is 16.1 Å². The van der Waals surface area contributed by atoms with Gasteiger partial charge in [-0.15, -0.1) is 0 Å². The molecule has 0 fully saturated rings. The molecule has 0 radical (unpaired) electrons. The zero-order valence-corrected chi connectivity index (χ0v) is 21.0. The molecule has 2 aromatic carbocycles. The van der Waals surface area contributed by atoms with Crippen LogP contribution in [0.1, 0.15) is 42.9 Å². The number of carbonyl (C=O) groups is 2. The summed E-state index contributed by atoms with van der Waals surface area (Å²) < 4.78 is 26.1. The van der Waals surface area contributed by atoms with Crippen molar-refractivity contribution in [2.45, 2.75) is 52.6 Å². The molecule has 0 aliphatic rings. The van der Waals surface area contributed by atoms with Gasteiger partial charge in [0.2, 0.25) is 21.8 Å². The highest BCUT2D eigenvalue weighted by Gasteiger charge is 2.28. The number of sulfonamides is 1. The van der Waals surface area contributed by atoms with Crippen molar-refractivity contribution in [1.29, 1.82) is 0 Å². The molecule has 0 saturated carbocycles. The minimum Gasteiger partial charge on any atom is -0.357 e. The maximum absolute atomic E-state index is 13.3. The first-order valence-electron chi connectivity index (χ1n) is 11.2. The molecule has 2 rings (SSSR count). The molecule has 2 aromatic rings. The molecule has 0 bridgehead atoms. The van der Waals surface area contributed by atoms with Crippen LogP contribution in [0.15, 0.2) is 48.5 Å². The molecule has 8 heteroatoms. The number of hydrogen-bond donors (Lipinski definition) is 1. The summed E-state index contributed by atoms with van der Waals surface area (Å²) in [5.41, 5.74) is 3.63. The van der Waals surface area contributed by atoms with E-state index in [-0.39, 0.29) is 24.8 Å². The second-order valence-corrected chi connectivity index (χ2v) is 10.2. The van der Waals surface area contributed by atoms with E-state index >= 15 is 0 Å². The van der Waals surface area contributed by atoms with E-state index in [0.717, 1.165) is 22.9 Å². The molecule has 1 N–H and O–H groups in total. The van der Waals surface area contributed by atoms with Gasteiger partial charge in [-0.25, -0.2) is 8.42 Å². The van der Waals surface area contributed by atoms with E-state index in [4.69, 9.17) is 0 Å². The third-order valence-electron chi connectivity index (χ3n) is 5.71. The Morgan fingerprint density at radius 1 is 1.03 bits per heavy atom. The summed E-state index contributed by atoms with van der Waals surface area (Å²) in [5.74, 6) is -0.386. The first kappa shape index (κ1) is 26.4. The Kier molecular flexibility index (Phi) is 9.46. The van der Waals surface area contributed by atoms with Crippen molar-refractivity contribution in [3.8, 4) is 0 Å². The standard InChI is InChI=1S/C25H35N3O4S/c1-6-23(25(30)26-4)27(18-21-11-8-7-10-20(21)3)24(29)12-9-17-28(33(5,31)32)22-15-13-19(2)14-16-22/h7-8,10-11,13-16,23H,6,9,12,17-18H2,1-5H3,(H,26,30). The summed E-state index contributed by atoms with van der Waals surface area (Å²) >= 11 is 0. The minimum atomic E-state index is -3.50. The van der Waals surface area contributed by atoms with Crippen molar-refractivity contribution in [2.24, 2.45) is 0 Å². The van der Waals surface area contributed by atoms with Gasteiger partial charge in [-0.3, -0.25) is 13.9 Å². The van der Waals surface area contributed by atoms with Crippen molar-refractivity contribution in [2.75, 3.05) is 24.2 Å². The van der Waals surface area contributed by atoms with E-state index in [2.05, 4.69) is 5.32 Å². The topological polar surface area (TPSA) is 86.8 Å². The van der Waals surface area contributed by atoms with Crippen LogP contribution in [0.4, 0.5) is 5.69 Å². The Morgan fingerprint density at radius 3 is 2.21 bits per heavy atom. The van der Waals surface area contributed by atoms with Crippen LogP contribution in [0, 0.1) is 13.8 Å². The second kappa shape index (κ2) is 11.8. The average molecular weight is 474 g/mol. The summed E-state index contributed by atoms with van der Waals surface area (Å²) in [7, 11) is -1.93. The minimum absolute atomic E-state index is 0.136. The number of likely N-dealkylation sites (N-methyl/N-ethyl adjacent to an activating group) is 1. The van der Waals surface area contributed by atoms with Crippen LogP contribution in [-0.4, -0.2) is 51.0 Å². The van der Waals surface area contributed by atoms with Crippen LogP contribution in [0.3, 0.4) is 0 Å². The van der Waals surface area contributed by atoms with E-state index in [1.54, 1.807) is 24.1 Å². The Bertz CT molecular complexity index is 1050. The molecule has 0 aromatic heterocycles. The summed E-state index contributed by atoms with van der Waals surface area (Å²) in [6, 6.07) is 14.4. The lowest BCUT2D eigenvalue weighted by Gasteiger charge is -2.31. The predicted molar refractivity (Wildman–Crippen MR) is 132 cm³/mol. The Balaban J connectivity index is 2.19. The Labute approximate surface area is 197 Å². The zero-order chi connectivity index (χ0) is 24.6. The van der Waals surface area contributed by atoms with E-state index in [1.165, 1.54) is 4.31 Å². The molecule has 0 aliphatic carbocycles. The van der Waals surface area contributed by atoms with Gasteiger partial charge in [-0.05, 0) is 49.9 Å². The van der Waals surface area contributed by atoms with Gasteiger partial charge < -0.3 is 10.2 Å².